The Kier molecular flexibility index (Phi) is 7.00. The summed E-state index contributed by atoms with van der Waals surface area (Å²) in [4.78, 5) is 12.4. The van der Waals surface area contributed by atoms with Gasteiger partial charge in [-0.2, -0.15) is 17.5 Å². The third-order valence-corrected chi connectivity index (χ3v) is 7.78. The maximum atomic E-state index is 13.0. The molecular weight excluding hydrogens is 441 g/mol. The molecule has 2 aromatic rings. The standard InChI is InChI=1S/C23H27F3N2O3S/c1-15-7-8-16(2)21(13-15)17(3)27-22(29)18-9-11-28(12-10-18)32(30,31)20-6-4-5-19(14-20)23(24,25)26/h4-8,13-14,17-18H,9-12H2,1-3H3,(H,27,29). The molecule has 1 N–H and O–H groups in total. The van der Waals surface area contributed by atoms with Crippen LogP contribution in [-0.4, -0.2) is 31.7 Å². The summed E-state index contributed by atoms with van der Waals surface area (Å²) in [5, 5.41) is 3.01. The number of amides is 1. The Morgan fingerprint density at radius 2 is 1.75 bits per heavy atom. The van der Waals surface area contributed by atoms with Gasteiger partial charge in [-0.05, 0) is 62.9 Å². The molecule has 1 saturated heterocycles. The topological polar surface area (TPSA) is 66.5 Å². The van der Waals surface area contributed by atoms with E-state index in [0.717, 1.165) is 39.2 Å². The quantitative estimate of drug-likeness (QED) is 0.698. The number of halogens is 3. The van der Waals surface area contributed by atoms with Gasteiger partial charge in [0.1, 0.15) is 0 Å². The van der Waals surface area contributed by atoms with Crippen molar-refractivity contribution in [1.82, 2.24) is 9.62 Å². The van der Waals surface area contributed by atoms with Crippen molar-refractivity contribution in [2.24, 2.45) is 5.92 Å². The van der Waals surface area contributed by atoms with Crippen molar-refractivity contribution in [1.29, 1.82) is 0 Å². The van der Waals surface area contributed by atoms with Crippen molar-refractivity contribution in [3.8, 4) is 0 Å². The number of nitrogens with one attached hydrogen (secondary N) is 1. The van der Waals surface area contributed by atoms with E-state index in [-0.39, 0.29) is 31.0 Å². The highest BCUT2D eigenvalue weighted by atomic mass is 32.2. The van der Waals surface area contributed by atoms with Crippen LogP contribution in [-0.2, 0) is 21.0 Å². The number of sulfonamides is 1. The molecule has 1 amide bonds. The average molecular weight is 469 g/mol. The normalized spacial score (nSPS) is 17.2. The van der Waals surface area contributed by atoms with E-state index in [0.29, 0.717) is 18.9 Å². The zero-order valence-corrected chi connectivity index (χ0v) is 19.1. The van der Waals surface area contributed by atoms with E-state index in [1.807, 2.05) is 39.0 Å². The van der Waals surface area contributed by atoms with E-state index in [1.165, 1.54) is 0 Å². The molecule has 1 unspecified atom stereocenters. The summed E-state index contributed by atoms with van der Waals surface area (Å²) >= 11 is 0. The van der Waals surface area contributed by atoms with Gasteiger partial charge in [-0.25, -0.2) is 8.42 Å². The first-order valence-electron chi connectivity index (χ1n) is 10.4. The monoisotopic (exact) mass is 468 g/mol. The summed E-state index contributed by atoms with van der Waals surface area (Å²) in [5.41, 5.74) is 2.20. The third kappa shape index (κ3) is 5.32. The number of carbonyl (C=O) groups is 1. The molecule has 0 saturated carbocycles. The first-order chi connectivity index (χ1) is 14.9. The Morgan fingerprint density at radius 1 is 1.09 bits per heavy atom. The van der Waals surface area contributed by atoms with Crippen LogP contribution in [0.2, 0.25) is 0 Å². The van der Waals surface area contributed by atoms with Gasteiger partial charge in [0, 0.05) is 19.0 Å². The minimum Gasteiger partial charge on any atom is -0.349 e. The van der Waals surface area contributed by atoms with Gasteiger partial charge in [0.15, 0.2) is 0 Å². The number of piperidine rings is 1. The Labute approximate surface area is 186 Å². The highest BCUT2D eigenvalue weighted by molar-refractivity contribution is 7.89. The van der Waals surface area contributed by atoms with Crippen LogP contribution >= 0.6 is 0 Å². The van der Waals surface area contributed by atoms with Gasteiger partial charge in [-0.1, -0.05) is 29.8 Å². The van der Waals surface area contributed by atoms with E-state index in [4.69, 9.17) is 0 Å². The van der Waals surface area contributed by atoms with Crippen molar-refractivity contribution in [2.45, 2.75) is 50.7 Å². The van der Waals surface area contributed by atoms with Crippen molar-refractivity contribution in [3.05, 3.63) is 64.7 Å². The molecule has 9 heteroatoms. The molecular formula is C23H27F3N2O3S. The van der Waals surface area contributed by atoms with Crippen LogP contribution in [0.1, 0.15) is 48.1 Å². The maximum Gasteiger partial charge on any atom is 0.416 e. The Hall–Kier alpha value is -2.39. The molecule has 0 aromatic heterocycles. The predicted octanol–water partition coefficient (Wildman–Crippen LogP) is 4.60. The molecule has 174 valence electrons. The number of carbonyl (C=O) groups excluding carboxylic acids is 1. The summed E-state index contributed by atoms with van der Waals surface area (Å²) < 4.78 is 65.7. The van der Waals surface area contributed by atoms with E-state index in [2.05, 4.69) is 5.32 Å². The van der Waals surface area contributed by atoms with Crippen molar-refractivity contribution >= 4 is 15.9 Å². The Balaban J connectivity index is 1.64. The Bertz CT molecular complexity index is 1090. The van der Waals surface area contributed by atoms with Crippen LogP contribution in [0.15, 0.2) is 47.4 Å². The summed E-state index contributed by atoms with van der Waals surface area (Å²) in [6.07, 6.45) is -4.00. The Morgan fingerprint density at radius 3 is 2.38 bits per heavy atom. The molecule has 0 spiro atoms. The number of hydrogen-bond donors (Lipinski definition) is 1. The lowest BCUT2D eigenvalue weighted by molar-refractivity contribution is -0.137. The highest BCUT2D eigenvalue weighted by Crippen LogP contribution is 2.32. The predicted molar refractivity (Wildman–Crippen MR) is 115 cm³/mol. The number of nitrogens with zero attached hydrogens (tertiary/aromatic N) is 1. The number of alkyl halides is 3. The molecule has 5 nitrogen and oxygen atoms in total. The number of aryl methyl sites for hydroxylation is 2. The van der Waals surface area contributed by atoms with Gasteiger partial charge in [-0.15, -0.1) is 0 Å². The van der Waals surface area contributed by atoms with Gasteiger partial charge in [0.25, 0.3) is 0 Å². The molecule has 3 rings (SSSR count). The molecule has 32 heavy (non-hydrogen) atoms. The third-order valence-electron chi connectivity index (χ3n) is 5.88. The second kappa shape index (κ2) is 9.23. The van der Waals surface area contributed by atoms with E-state index in [1.54, 1.807) is 0 Å². The first-order valence-corrected chi connectivity index (χ1v) is 11.9. The highest BCUT2D eigenvalue weighted by Gasteiger charge is 2.35. The fourth-order valence-corrected chi connectivity index (χ4v) is 5.49. The van der Waals surface area contributed by atoms with E-state index >= 15 is 0 Å². The zero-order valence-electron chi connectivity index (χ0n) is 18.2. The molecule has 1 fully saturated rings. The SMILES string of the molecule is Cc1ccc(C)c(C(C)NC(=O)C2CCN(S(=O)(=O)c3cccc(C(F)(F)F)c3)CC2)c1. The maximum absolute atomic E-state index is 13.0. The lowest BCUT2D eigenvalue weighted by atomic mass is 9.95. The molecule has 0 aliphatic carbocycles. The molecule has 2 aromatic carbocycles. The van der Waals surface area contributed by atoms with Gasteiger partial charge >= 0.3 is 6.18 Å². The van der Waals surface area contributed by atoms with Crippen molar-refractivity contribution in [2.75, 3.05) is 13.1 Å². The summed E-state index contributed by atoms with van der Waals surface area (Å²) in [6, 6.07) is 9.60. The minimum absolute atomic E-state index is 0.0779. The average Bonchev–Trinajstić information content (AvgIpc) is 2.75. The number of hydrogen-bond acceptors (Lipinski definition) is 3. The van der Waals surface area contributed by atoms with Gasteiger partial charge in [0.2, 0.25) is 15.9 Å². The van der Waals surface area contributed by atoms with Crippen LogP contribution in [0.5, 0.6) is 0 Å². The molecule has 1 aliphatic heterocycles. The number of benzene rings is 2. The van der Waals surface area contributed by atoms with Crippen LogP contribution in [0.25, 0.3) is 0 Å². The van der Waals surface area contributed by atoms with Crippen molar-refractivity contribution < 1.29 is 26.4 Å². The van der Waals surface area contributed by atoms with Crippen LogP contribution in [0.3, 0.4) is 0 Å². The molecule has 0 radical (unpaired) electrons. The van der Waals surface area contributed by atoms with Gasteiger partial charge in [-0.3, -0.25) is 4.79 Å². The summed E-state index contributed by atoms with van der Waals surface area (Å²) in [6.45, 7) is 6.03. The van der Waals surface area contributed by atoms with E-state index in [9.17, 15) is 26.4 Å². The van der Waals surface area contributed by atoms with Crippen molar-refractivity contribution in [3.63, 3.8) is 0 Å². The zero-order chi connectivity index (χ0) is 23.7. The molecule has 0 bridgehead atoms. The molecule has 1 aliphatic rings. The van der Waals surface area contributed by atoms with Crippen LogP contribution in [0.4, 0.5) is 13.2 Å². The fraction of sp³-hybridized carbons (Fsp3) is 0.435. The van der Waals surface area contributed by atoms with Crippen LogP contribution in [0, 0.1) is 19.8 Å². The largest absolute Gasteiger partial charge is 0.416 e. The first kappa shape index (κ1) is 24.3. The van der Waals surface area contributed by atoms with Gasteiger partial charge in [0.05, 0.1) is 16.5 Å². The molecule has 1 atom stereocenters. The minimum atomic E-state index is -4.62. The lowest BCUT2D eigenvalue weighted by Gasteiger charge is -2.31. The lowest BCUT2D eigenvalue weighted by Crippen LogP contribution is -2.43. The fourth-order valence-electron chi connectivity index (χ4n) is 3.98. The summed E-state index contributed by atoms with van der Waals surface area (Å²) in [7, 11) is -4.07. The number of rotatable bonds is 5. The second-order valence-electron chi connectivity index (χ2n) is 8.29. The van der Waals surface area contributed by atoms with Crippen LogP contribution < -0.4 is 5.32 Å². The van der Waals surface area contributed by atoms with E-state index < -0.39 is 26.7 Å². The molecule has 1 heterocycles. The summed E-state index contributed by atoms with van der Waals surface area (Å²) in [5.74, 6) is -0.495. The van der Waals surface area contributed by atoms with Gasteiger partial charge < -0.3 is 5.32 Å². The smallest absolute Gasteiger partial charge is 0.349 e. The second-order valence-corrected chi connectivity index (χ2v) is 10.2.